The zero-order valence-corrected chi connectivity index (χ0v) is 8.79. The molecule has 15 heavy (non-hydrogen) atoms. The van der Waals surface area contributed by atoms with Crippen molar-refractivity contribution in [2.75, 3.05) is 6.54 Å². The van der Waals surface area contributed by atoms with Gasteiger partial charge in [0.1, 0.15) is 0 Å². The molecule has 0 saturated heterocycles. The molecule has 2 heteroatoms. The van der Waals surface area contributed by atoms with E-state index in [-0.39, 0.29) is 0 Å². The lowest BCUT2D eigenvalue weighted by atomic mass is 9.96. The molecule has 0 aliphatic heterocycles. The number of hydrogen-bond donors (Lipinski definition) is 2. The third-order valence-electron chi connectivity index (χ3n) is 3.59. The Bertz CT molecular complexity index is 480. The lowest BCUT2D eigenvalue weighted by Crippen LogP contribution is -2.17. The van der Waals surface area contributed by atoms with E-state index < -0.39 is 0 Å². The van der Waals surface area contributed by atoms with Crippen molar-refractivity contribution in [3.05, 3.63) is 36.0 Å². The normalized spacial score (nSPS) is 18.2. The van der Waals surface area contributed by atoms with Gasteiger partial charge >= 0.3 is 0 Å². The maximum atomic E-state index is 5.80. The van der Waals surface area contributed by atoms with Crippen LogP contribution < -0.4 is 5.73 Å². The first-order valence-electron chi connectivity index (χ1n) is 5.57. The lowest BCUT2D eigenvalue weighted by molar-refractivity contribution is 0.521. The Morgan fingerprint density at radius 2 is 2.13 bits per heavy atom. The van der Waals surface area contributed by atoms with Crippen LogP contribution in [0.2, 0.25) is 0 Å². The number of nitrogens with one attached hydrogen (secondary N) is 1. The third-order valence-corrected chi connectivity index (χ3v) is 3.59. The highest BCUT2D eigenvalue weighted by molar-refractivity contribution is 5.79. The summed E-state index contributed by atoms with van der Waals surface area (Å²) in [4.78, 5) is 3.21. The van der Waals surface area contributed by atoms with E-state index in [9.17, 15) is 0 Å². The molecular formula is C13H16N2. The summed E-state index contributed by atoms with van der Waals surface area (Å²) >= 11 is 0. The standard InChI is InChI=1S/C13H16N2/c14-9-13(4-5-13)8-10-1-2-12-11(7-10)3-6-15-12/h1-3,6-7,15H,4-5,8-9,14H2. The van der Waals surface area contributed by atoms with E-state index in [1.807, 2.05) is 6.20 Å². The minimum absolute atomic E-state index is 0.435. The fourth-order valence-electron chi connectivity index (χ4n) is 2.28. The van der Waals surface area contributed by atoms with Gasteiger partial charge in [-0.2, -0.15) is 0 Å². The van der Waals surface area contributed by atoms with E-state index in [0.29, 0.717) is 5.41 Å². The van der Waals surface area contributed by atoms with Gasteiger partial charge < -0.3 is 10.7 Å². The van der Waals surface area contributed by atoms with Crippen molar-refractivity contribution in [3.8, 4) is 0 Å². The molecule has 1 aromatic carbocycles. The molecule has 0 atom stereocenters. The molecule has 78 valence electrons. The quantitative estimate of drug-likeness (QED) is 0.785. The fraction of sp³-hybridized carbons (Fsp3) is 0.385. The van der Waals surface area contributed by atoms with E-state index in [0.717, 1.165) is 13.0 Å². The minimum atomic E-state index is 0.435. The van der Waals surface area contributed by atoms with Crippen LogP contribution in [0.15, 0.2) is 30.5 Å². The second-order valence-corrected chi connectivity index (χ2v) is 4.78. The average molecular weight is 200 g/mol. The number of aromatic nitrogens is 1. The van der Waals surface area contributed by atoms with Gasteiger partial charge in [0.2, 0.25) is 0 Å². The zero-order chi connectivity index (χ0) is 10.3. The Hall–Kier alpha value is -1.28. The largest absolute Gasteiger partial charge is 0.361 e. The van der Waals surface area contributed by atoms with Crippen LogP contribution in [0.4, 0.5) is 0 Å². The van der Waals surface area contributed by atoms with Gasteiger partial charge in [0.05, 0.1) is 0 Å². The van der Waals surface area contributed by atoms with Gasteiger partial charge in [-0.15, -0.1) is 0 Å². The second kappa shape index (κ2) is 3.11. The van der Waals surface area contributed by atoms with Crippen molar-refractivity contribution >= 4 is 10.9 Å². The molecule has 1 heterocycles. The van der Waals surface area contributed by atoms with Crippen LogP contribution in [-0.4, -0.2) is 11.5 Å². The van der Waals surface area contributed by atoms with Crippen LogP contribution in [0.1, 0.15) is 18.4 Å². The van der Waals surface area contributed by atoms with E-state index in [1.165, 1.54) is 29.3 Å². The van der Waals surface area contributed by atoms with Crippen molar-refractivity contribution in [3.63, 3.8) is 0 Å². The molecule has 1 aliphatic carbocycles. The van der Waals surface area contributed by atoms with Gasteiger partial charge in [0.25, 0.3) is 0 Å². The molecule has 1 fully saturated rings. The molecule has 0 amide bonds. The fourth-order valence-corrected chi connectivity index (χ4v) is 2.28. The molecule has 1 aliphatic rings. The van der Waals surface area contributed by atoms with Crippen LogP contribution in [0.3, 0.4) is 0 Å². The van der Waals surface area contributed by atoms with Crippen LogP contribution in [0.5, 0.6) is 0 Å². The van der Waals surface area contributed by atoms with Crippen LogP contribution in [0.25, 0.3) is 10.9 Å². The monoisotopic (exact) mass is 200 g/mol. The van der Waals surface area contributed by atoms with Gasteiger partial charge in [-0.25, -0.2) is 0 Å². The first kappa shape index (κ1) is 8.98. The van der Waals surface area contributed by atoms with E-state index in [2.05, 4.69) is 29.2 Å². The number of fused-ring (bicyclic) bond motifs is 1. The van der Waals surface area contributed by atoms with Crippen molar-refractivity contribution in [1.82, 2.24) is 4.98 Å². The molecule has 0 spiro atoms. The van der Waals surface area contributed by atoms with Crippen LogP contribution in [-0.2, 0) is 6.42 Å². The molecule has 3 rings (SSSR count). The summed E-state index contributed by atoms with van der Waals surface area (Å²) in [5, 5.41) is 1.31. The molecule has 0 radical (unpaired) electrons. The molecule has 2 nitrogen and oxygen atoms in total. The summed E-state index contributed by atoms with van der Waals surface area (Å²) in [5.74, 6) is 0. The highest BCUT2D eigenvalue weighted by Crippen LogP contribution is 2.47. The Balaban J connectivity index is 1.91. The number of hydrogen-bond acceptors (Lipinski definition) is 1. The number of rotatable bonds is 3. The van der Waals surface area contributed by atoms with Gasteiger partial charge in [0, 0.05) is 11.7 Å². The number of aromatic amines is 1. The van der Waals surface area contributed by atoms with Crippen LogP contribution >= 0.6 is 0 Å². The summed E-state index contributed by atoms with van der Waals surface area (Å²) in [6, 6.07) is 8.79. The molecule has 0 unspecified atom stereocenters. The molecular weight excluding hydrogens is 184 g/mol. The predicted octanol–water partition coefficient (Wildman–Crippen LogP) is 2.45. The first-order chi connectivity index (χ1) is 7.31. The maximum Gasteiger partial charge on any atom is 0.0454 e. The summed E-state index contributed by atoms with van der Waals surface area (Å²) in [6.45, 7) is 0.832. The summed E-state index contributed by atoms with van der Waals surface area (Å²) in [5.41, 5.74) is 8.88. The molecule has 1 saturated carbocycles. The lowest BCUT2D eigenvalue weighted by Gasteiger charge is -2.11. The number of H-pyrrole nitrogens is 1. The molecule has 3 N–H and O–H groups in total. The number of nitrogens with two attached hydrogens (primary N) is 1. The summed E-state index contributed by atoms with van der Waals surface area (Å²) in [7, 11) is 0. The zero-order valence-electron chi connectivity index (χ0n) is 8.79. The topological polar surface area (TPSA) is 41.8 Å². The smallest absolute Gasteiger partial charge is 0.0454 e. The Labute approximate surface area is 89.5 Å². The number of benzene rings is 1. The van der Waals surface area contributed by atoms with Crippen LogP contribution in [0, 0.1) is 5.41 Å². The average Bonchev–Trinajstić information content (AvgIpc) is 2.88. The summed E-state index contributed by atoms with van der Waals surface area (Å²) in [6.07, 6.45) is 5.73. The Kier molecular flexibility index (Phi) is 1.86. The van der Waals surface area contributed by atoms with E-state index in [1.54, 1.807) is 0 Å². The Morgan fingerprint density at radius 1 is 1.27 bits per heavy atom. The Morgan fingerprint density at radius 3 is 2.87 bits per heavy atom. The van der Waals surface area contributed by atoms with Gasteiger partial charge in [0.15, 0.2) is 0 Å². The maximum absolute atomic E-state index is 5.80. The van der Waals surface area contributed by atoms with Crippen molar-refractivity contribution in [1.29, 1.82) is 0 Å². The highest BCUT2D eigenvalue weighted by Gasteiger charge is 2.40. The molecule has 1 aromatic heterocycles. The van der Waals surface area contributed by atoms with E-state index in [4.69, 9.17) is 5.73 Å². The predicted molar refractivity (Wildman–Crippen MR) is 62.7 cm³/mol. The highest BCUT2D eigenvalue weighted by atomic mass is 14.7. The van der Waals surface area contributed by atoms with Crippen molar-refractivity contribution in [2.45, 2.75) is 19.3 Å². The van der Waals surface area contributed by atoms with Gasteiger partial charge in [-0.1, -0.05) is 6.07 Å². The SMILES string of the molecule is NCC1(Cc2ccc3[nH]ccc3c2)CC1. The first-order valence-corrected chi connectivity index (χ1v) is 5.57. The van der Waals surface area contributed by atoms with Gasteiger partial charge in [-0.3, -0.25) is 0 Å². The minimum Gasteiger partial charge on any atom is -0.361 e. The molecule has 2 aromatic rings. The van der Waals surface area contributed by atoms with Gasteiger partial charge in [-0.05, 0) is 60.4 Å². The second-order valence-electron chi connectivity index (χ2n) is 4.78. The molecule has 0 bridgehead atoms. The van der Waals surface area contributed by atoms with Crippen molar-refractivity contribution in [2.24, 2.45) is 11.1 Å². The van der Waals surface area contributed by atoms with E-state index >= 15 is 0 Å². The summed E-state index contributed by atoms with van der Waals surface area (Å²) < 4.78 is 0. The third kappa shape index (κ3) is 1.55. The van der Waals surface area contributed by atoms with Crippen molar-refractivity contribution < 1.29 is 0 Å².